The fraction of sp³-hybridized carbons (Fsp3) is 0.727. The van der Waals surface area contributed by atoms with Gasteiger partial charge >= 0.3 is 6.01 Å². The highest BCUT2D eigenvalue weighted by Gasteiger charge is 2.16. The zero-order chi connectivity index (χ0) is 14.3. The average molecular weight is 270 g/mol. The number of hydrazine groups is 1. The van der Waals surface area contributed by atoms with Crippen molar-refractivity contribution in [3.8, 4) is 6.01 Å². The number of nitrogen functional groups attached to an aromatic ring is 1. The van der Waals surface area contributed by atoms with E-state index < -0.39 is 6.10 Å². The van der Waals surface area contributed by atoms with Crippen molar-refractivity contribution in [1.29, 1.82) is 0 Å². The van der Waals surface area contributed by atoms with Crippen LogP contribution in [0, 0.1) is 5.92 Å². The number of nitrogens with one attached hydrogen (secondary N) is 2. The molecule has 0 fully saturated rings. The first kappa shape index (κ1) is 15.4. The number of nitrogens with two attached hydrogens (primary N) is 1. The fourth-order valence-corrected chi connectivity index (χ4v) is 1.79. The number of hydrogen-bond acceptors (Lipinski definition) is 8. The van der Waals surface area contributed by atoms with Crippen molar-refractivity contribution in [2.24, 2.45) is 11.8 Å². The van der Waals surface area contributed by atoms with Gasteiger partial charge in [-0.3, -0.25) is 5.43 Å². The molecule has 0 saturated carbocycles. The molecule has 19 heavy (non-hydrogen) atoms. The normalized spacial score (nSPS) is 12.3. The average Bonchev–Trinajstić information content (AvgIpc) is 2.45. The Kier molecular flexibility index (Phi) is 6.23. The molecule has 1 aromatic rings. The third kappa shape index (κ3) is 4.49. The molecule has 8 nitrogen and oxygen atoms in total. The quantitative estimate of drug-likeness (QED) is 0.395. The number of methoxy groups -OCH3 is 1. The number of aliphatic hydroxyl groups excluding tert-OH is 1. The van der Waals surface area contributed by atoms with Crippen molar-refractivity contribution in [2.45, 2.75) is 32.8 Å². The van der Waals surface area contributed by atoms with Gasteiger partial charge in [-0.2, -0.15) is 15.0 Å². The molecule has 1 atom stereocenters. The Labute approximate surface area is 112 Å². The van der Waals surface area contributed by atoms with Gasteiger partial charge < -0.3 is 15.2 Å². The van der Waals surface area contributed by atoms with Gasteiger partial charge in [-0.15, -0.1) is 0 Å². The van der Waals surface area contributed by atoms with Crippen molar-refractivity contribution in [1.82, 2.24) is 15.0 Å². The van der Waals surface area contributed by atoms with E-state index in [1.807, 2.05) is 0 Å². The van der Waals surface area contributed by atoms with E-state index in [4.69, 9.17) is 10.6 Å². The lowest BCUT2D eigenvalue weighted by Crippen LogP contribution is -2.28. The van der Waals surface area contributed by atoms with Crippen LogP contribution in [0.15, 0.2) is 0 Å². The lowest BCUT2D eigenvalue weighted by atomic mass is 9.97. The van der Waals surface area contributed by atoms with Gasteiger partial charge in [-0.05, 0) is 5.92 Å². The number of rotatable bonds is 8. The Bertz CT molecular complexity index is 363. The van der Waals surface area contributed by atoms with Crippen LogP contribution in [0.25, 0.3) is 0 Å². The second-order valence-corrected chi connectivity index (χ2v) is 4.14. The van der Waals surface area contributed by atoms with Gasteiger partial charge in [0.2, 0.25) is 11.9 Å². The van der Waals surface area contributed by atoms with Crippen molar-refractivity contribution in [2.75, 3.05) is 24.4 Å². The molecule has 0 radical (unpaired) electrons. The van der Waals surface area contributed by atoms with Gasteiger partial charge in [0.15, 0.2) is 0 Å². The van der Waals surface area contributed by atoms with E-state index in [9.17, 15) is 5.11 Å². The van der Waals surface area contributed by atoms with Gasteiger partial charge in [0.1, 0.15) is 0 Å². The number of nitrogens with zero attached hydrogens (tertiary/aromatic N) is 3. The highest BCUT2D eigenvalue weighted by molar-refractivity contribution is 5.34. The summed E-state index contributed by atoms with van der Waals surface area (Å²) >= 11 is 0. The fourth-order valence-electron chi connectivity index (χ4n) is 1.79. The molecule has 0 amide bonds. The van der Waals surface area contributed by atoms with E-state index in [0.717, 1.165) is 12.8 Å². The van der Waals surface area contributed by atoms with Crippen LogP contribution in [0.3, 0.4) is 0 Å². The second-order valence-electron chi connectivity index (χ2n) is 4.14. The molecule has 1 aromatic heterocycles. The molecule has 1 unspecified atom stereocenters. The summed E-state index contributed by atoms with van der Waals surface area (Å²) in [6.07, 6.45) is 1.40. The molecule has 8 heteroatoms. The van der Waals surface area contributed by atoms with Crippen LogP contribution in [0.4, 0.5) is 11.9 Å². The molecule has 0 spiro atoms. The minimum Gasteiger partial charge on any atom is -0.467 e. The molecule has 5 N–H and O–H groups in total. The SMILES string of the molecule is CCC(CC)C(O)CNc1nc(NN)nc(OC)n1. The predicted octanol–water partition coefficient (Wildman–Crippen LogP) is 0.375. The zero-order valence-electron chi connectivity index (χ0n) is 11.6. The molecule has 0 saturated heterocycles. The number of aromatic nitrogens is 3. The van der Waals surface area contributed by atoms with Gasteiger partial charge in [-0.25, -0.2) is 5.84 Å². The monoisotopic (exact) mass is 270 g/mol. The molecule has 0 aromatic carbocycles. The molecule has 0 aliphatic heterocycles. The highest BCUT2D eigenvalue weighted by atomic mass is 16.5. The zero-order valence-corrected chi connectivity index (χ0v) is 11.6. The molecular formula is C11H22N6O2. The maximum Gasteiger partial charge on any atom is 0.322 e. The van der Waals surface area contributed by atoms with Gasteiger partial charge in [-0.1, -0.05) is 26.7 Å². The van der Waals surface area contributed by atoms with Crippen LogP contribution in [-0.2, 0) is 0 Å². The van der Waals surface area contributed by atoms with Crippen LogP contribution in [0.1, 0.15) is 26.7 Å². The molecule has 1 heterocycles. The molecule has 108 valence electrons. The van der Waals surface area contributed by atoms with Crippen LogP contribution in [-0.4, -0.2) is 39.8 Å². The summed E-state index contributed by atoms with van der Waals surface area (Å²) in [4.78, 5) is 11.9. The minimum atomic E-state index is -0.452. The predicted molar refractivity (Wildman–Crippen MR) is 72.8 cm³/mol. The first-order valence-electron chi connectivity index (χ1n) is 6.33. The molecule has 0 aliphatic rings. The van der Waals surface area contributed by atoms with E-state index in [1.165, 1.54) is 7.11 Å². The van der Waals surface area contributed by atoms with Gasteiger partial charge in [0.25, 0.3) is 0 Å². The summed E-state index contributed by atoms with van der Waals surface area (Å²) in [7, 11) is 1.46. The molecule has 1 rings (SSSR count). The summed E-state index contributed by atoms with van der Waals surface area (Å²) in [5.41, 5.74) is 2.33. The maximum absolute atomic E-state index is 10.0. The lowest BCUT2D eigenvalue weighted by Gasteiger charge is -2.20. The van der Waals surface area contributed by atoms with Crippen LogP contribution in [0.2, 0.25) is 0 Å². The van der Waals surface area contributed by atoms with Crippen molar-refractivity contribution in [3.63, 3.8) is 0 Å². The highest BCUT2D eigenvalue weighted by Crippen LogP contribution is 2.14. The third-order valence-electron chi connectivity index (χ3n) is 2.99. The van der Waals surface area contributed by atoms with Gasteiger partial charge in [0.05, 0.1) is 13.2 Å². The molecule has 0 bridgehead atoms. The van der Waals surface area contributed by atoms with E-state index >= 15 is 0 Å². The van der Waals surface area contributed by atoms with E-state index in [0.29, 0.717) is 12.5 Å². The first-order chi connectivity index (χ1) is 9.14. The number of anilines is 2. The number of aliphatic hydroxyl groups is 1. The second kappa shape index (κ2) is 7.70. The molecule has 0 aliphatic carbocycles. The number of hydrogen-bond donors (Lipinski definition) is 4. The molecular weight excluding hydrogens is 248 g/mol. The smallest absolute Gasteiger partial charge is 0.322 e. The van der Waals surface area contributed by atoms with Crippen molar-refractivity contribution >= 4 is 11.9 Å². The Morgan fingerprint density at radius 2 is 1.84 bits per heavy atom. The van der Waals surface area contributed by atoms with Gasteiger partial charge in [0, 0.05) is 6.54 Å². The Morgan fingerprint density at radius 1 is 1.21 bits per heavy atom. The van der Waals surface area contributed by atoms with E-state index in [1.54, 1.807) is 0 Å². The van der Waals surface area contributed by atoms with Crippen LogP contribution < -0.4 is 21.3 Å². The largest absolute Gasteiger partial charge is 0.467 e. The summed E-state index contributed by atoms with van der Waals surface area (Å²) in [5, 5.41) is 13.0. The van der Waals surface area contributed by atoms with Crippen molar-refractivity contribution in [3.05, 3.63) is 0 Å². The lowest BCUT2D eigenvalue weighted by molar-refractivity contribution is 0.114. The summed E-state index contributed by atoms with van der Waals surface area (Å²) in [6.45, 7) is 4.48. The third-order valence-corrected chi connectivity index (χ3v) is 2.99. The van der Waals surface area contributed by atoms with E-state index in [2.05, 4.69) is 39.5 Å². The summed E-state index contributed by atoms with van der Waals surface area (Å²) in [6, 6.07) is 0.155. The summed E-state index contributed by atoms with van der Waals surface area (Å²) < 4.78 is 4.93. The topological polar surface area (TPSA) is 118 Å². The van der Waals surface area contributed by atoms with Crippen molar-refractivity contribution < 1.29 is 9.84 Å². The minimum absolute atomic E-state index is 0.155. The summed E-state index contributed by atoms with van der Waals surface area (Å²) in [5.74, 6) is 6.02. The Hall–Kier alpha value is -1.67. The standard InChI is InChI=1S/C11H22N6O2/c1-4-7(5-2)8(18)6-13-9-14-10(17-12)16-11(15-9)19-3/h7-8,18H,4-6,12H2,1-3H3,(H2,13,14,15,16,17). The first-order valence-corrected chi connectivity index (χ1v) is 6.33. The maximum atomic E-state index is 10.0. The number of ether oxygens (including phenoxy) is 1. The Morgan fingerprint density at radius 3 is 2.37 bits per heavy atom. The van der Waals surface area contributed by atoms with Crippen LogP contribution in [0.5, 0.6) is 6.01 Å². The Balaban J connectivity index is 2.66. The van der Waals surface area contributed by atoms with E-state index in [-0.39, 0.29) is 17.9 Å². The van der Waals surface area contributed by atoms with Crippen LogP contribution >= 0.6 is 0 Å².